The average molecular weight is 515 g/mol. The monoisotopic (exact) mass is 515 g/mol. The Morgan fingerprint density at radius 2 is 1.78 bits per heavy atom. The van der Waals surface area contributed by atoms with Crippen LogP contribution in [0.2, 0.25) is 0 Å². The molecule has 4 rings (SSSR count). The largest absolute Gasteiger partial charge is 0.416 e. The summed E-state index contributed by atoms with van der Waals surface area (Å²) in [5.41, 5.74) is -2.58. The Bertz CT molecular complexity index is 1090. The van der Waals surface area contributed by atoms with E-state index in [2.05, 4.69) is 5.32 Å². The van der Waals surface area contributed by atoms with Gasteiger partial charge < -0.3 is 25.0 Å². The molecule has 196 valence electrons. The van der Waals surface area contributed by atoms with Gasteiger partial charge in [0.05, 0.1) is 31.0 Å². The molecule has 2 aliphatic carbocycles. The number of carbonyl (C=O) groups excluding carboxylic acids is 1. The lowest BCUT2D eigenvalue weighted by atomic mass is 9.78. The Hall–Kier alpha value is -2.60. The fourth-order valence-corrected chi connectivity index (χ4v) is 4.22. The molecule has 2 aromatic rings. The van der Waals surface area contributed by atoms with Gasteiger partial charge in [0.15, 0.2) is 17.2 Å². The number of hydrogen-bond acceptors (Lipinski definition) is 5. The highest BCUT2D eigenvalue weighted by molar-refractivity contribution is 5.86. The van der Waals surface area contributed by atoms with Gasteiger partial charge in [0.25, 0.3) is 5.91 Å². The van der Waals surface area contributed by atoms with Crippen LogP contribution in [-0.4, -0.2) is 46.1 Å². The molecule has 11 heteroatoms. The van der Waals surface area contributed by atoms with Crippen LogP contribution in [0.25, 0.3) is 0 Å². The van der Waals surface area contributed by atoms with Crippen molar-refractivity contribution in [2.45, 2.75) is 75.0 Å². The van der Waals surface area contributed by atoms with Crippen LogP contribution in [0.3, 0.4) is 0 Å². The third-order valence-electron chi connectivity index (χ3n) is 6.43. The minimum Gasteiger partial charge on any atom is -0.390 e. The first-order valence-electron chi connectivity index (χ1n) is 11.5. The van der Waals surface area contributed by atoms with Gasteiger partial charge in [-0.2, -0.15) is 13.2 Å². The van der Waals surface area contributed by atoms with Crippen molar-refractivity contribution in [1.82, 2.24) is 5.32 Å². The number of aliphatic hydroxyl groups excluding tert-OH is 2. The van der Waals surface area contributed by atoms with Gasteiger partial charge in [0, 0.05) is 24.4 Å². The zero-order valence-corrected chi connectivity index (χ0v) is 19.1. The molecule has 0 heterocycles. The van der Waals surface area contributed by atoms with Crippen molar-refractivity contribution < 1.29 is 46.4 Å². The number of rotatable bonds is 8. The summed E-state index contributed by atoms with van der Waals surface area (Å²) in [7, 11) is 0. The summed E-state index contributed by atoms with van der Waals surface area (Å²) in [6.45, 7) is -0.831. The van der Waals surface area contributed by atoms with Crippen molar-refractivity contribution in [3.05, 3.63) is 70.8 Å². The molecule has 4 atom stereocenters. The van der Waals surface area contributed by atoms with E-state index in [-0.39, 0.29) is 36.6 Å². The first-order chi connectivity index (χ1) is 17.0. The quantitative estimate of drug-likeness (QED) is 0.468. The van der Waals surface area contributed by atoms with E-state index in [0.717, 1.165) is 31.0 Å². The van der Waals surface area contributed by atoms with E-state index in [4.69, 9.17) is 9.47 Å². The van der Waals surface area contributed by atoms with E-state index >= 15 is 0 Å². The minimum atomic E-state index is -4.56. The standard InChI is InChI=1S/C25H26F5NO5/c26-18-6-2-4-15(21(18)27)13-35-20-11-24(10-19(32)22(20)33,23(34)31-17-7-8-17)36-12-14-3-1-5-16(9-14)25(28,29)30/h1-6,9,17,19-20,22,32-33H,7-8,10-13H2,(H,31,34)/t19-,20?,22-,24+/m1/s1. The molecule has 6 nitrogen and oxygen atoms in total. The molecule has 0 aromatic heterocycles. The van der Waals surface area contributed by atoms with Gasteiger partial charge in [0.2, 0.25) is 0 Å². The van der Waals surface area contributed by atoms with Gasteiger partial charge in [-0.25, -0.2) is 8.78 Å². The summed E-state index contributed by atoms with van der Waals surface area (Å²) >= 11 is 0. The zero-order valence-electron chi connectivity index (χ0n) is 19.1. The zero-order chi connectivity index (χ0) is 26.1. The van der Waals surface area contributed by atoms with Gasteiger partial charge in [-0.15, -0.1) is 0 Å². The Morgan fingerprint density at radius 1 is 1.06 bits per heavy atom. The van der Waals surface area contributed by atoms with Crippen molar-refractivity contribution in [2.24, 2.45) is 0 Å². The molecule has 2 aromatic carbocycles. The van der Waals surface area contributed by atoms with Gasteiger partial charge in [-0.1, -0.05) is 24.3 Å². The molecule has 0 aliphatic heterocycles. The van der Waals surface area contributed by atoms with Gasteiger partial charge >= 0.3 is 6.18 Å². The number of carbonyl (C=O) groups is 1. The van der Waals surface area contributed by atoms with Crippen LogP contribution >= 0.6 is 0 Å². The van der Waals surface area contributed by atoms with E-state index in [0.29, 0.717) is 0 Å². The van der Waals surface area contributed by atoms with Crippen LogP contribution in [0, 0.1) is 11.6 Å². The van der Waals surface area contributed by atoms with Crippen LogP contribution in [0.15, 0.2) is 42.5 Å². The summed E-state index contributed by atoms with van der Waals surface area (Å²) < 4.78 is 78.4. The van der Waals surface area contributed by atoms with Crippen LogP contribution in [0.5, 0.6) is 0 Å². The second-order valence-electron chi connectivity index (χ2n) is 9.26. The summed E-state index contributed by atoms with van der Waals surface area (Å²) in [6.07, 6.45) is -7.80. The fraction of sp³-hybridized carbons (Fsp3) is 0.480. The number of amides is 1. The van der Waals surface area contributed by atoms with Crippen molar-refractivity contribution in [2.75, 3.05) is 0 Å². The molecular weight excluding hydrogens is 489 g/mol. The Morgan fingerprint density at radius 3 is 2.47 bits per heavy atom. The Kier molecular flexibility index (Phi) is 7.65. The van der Waals surface area contributed by atoms with Crippen molar-refractivity contribution in [1.29, 1.82) is 0 Å². The molecule has 0 spiro atoms. The number of aliphatic hydroxyl groups is 2. The highest BCUT2D eigenvalue weighted by Gasteiger charge is 2.52. The normalized spacial score (nSPS) is 26.6. The van der Waals surface area contributed by atoms with Crippen molar-refractivity contribution in [3.63, 3.8) is 0 Å². The molecule has 0 radical (unpaired) electrons. The molecule has 0 saturated heterocycles. The van der Waals surface area contributed by atoms with Crippen LogP contribution < -0.4 is 5.32 Å². The number of alkyl halides is 3. The maximum absolute atomic E-state index is 14.0. The molecule has 0 bridgehead atoms. The topological polar surface area (TPSA) is 88.0 Å². The highest BCUT2D eigenvalue weighted by atomic mass is 19.4. The van der Waals surface area contributed by atoms with E-state index in [1.54, 1.807) is 0 Å². The predicted molar refractivity (Wildman–Crippen MR) is 116 cm³/mol. The second kappa shape index (κ2) is 10.4. The Balaban J connectivity index is 1.55. The minimum absolute atomic E-state index is 0.0868. The number of halogens is 5. The van der Waals surface area contributed by atoms with Gasteiger partial charge in [-0.05, 0) is 36.6 Å². The summed E-state index contributed by atoms with van der Waals surface area (Å²) in [6, 6.07) is 7.88. The van der Waals surface area contributed by atoms with Crippen LogP contribution in [0.1, 0.15) is 42.4 Å². The number of nitrogens with one attached hydrogen (secondary N) is 1. The molecule has 2 aliphatic rings. The number of ether oxygens (including phenoxy) is 2. The molecular formula is C25H26F5NO5. The lowest BCUT2D eigenvalue weighted by molar-refractivity contribution is -0.200. The summed E-state index contributed by atoms with van der Waals surface area (Å²) in [5, 5.41) is 23.8. The molecule has 1 amide bonds. The maximum atomic E-state index is 14.0. The van der Waals surface area contributed by atoms with Gasteiger partial charge in [0.1, 0.15) is 6.10 Å². The molecule has 1 unspecified atom stereocenters. The lowest BCUT2D eigenvalue weighted by Crippen LogP contribution is -2.60. The first kappa shape index (κ1) is 26.5. The predicted octanol–water partition coefficient (Wildman–Crippen LogP) is 3.62. The SMILES string of the molecule is O=C(NC1CC1)[C@@]1(OCc2cccc(C(F)(F)F)c2)CC(OCc2cccc(F)c2F)[C@H](O)[C@H](O)C1. The van der Waals surface area contributed by atoms with Crippen LogP contribution in [0.4, 0.5) is 22.0 Å². The second-order valence-corrected chi connectivity index (χ2v) is 9.26. The molecule has 36 heavy (non-hydrogen) atoms. The van der Waals surface area contributed by atoms with E-state index in [1.165, 1.54) is 24.3 Å². The first-order valence-corrected chi connectivity index (χ1v) is 11.5. The van der Waals surface area contributed by atoms with Crippen molar-refractivity contribution in [3.8, 4) is 0 Å². The summed E-state index contributed by atoms with van der Waals surface area (Å²) in [4.78, 5) is 13.2. The number of hydrogen-bond donors (Lipinski definition) is 3. The van der Waals surface area contributed by atoms with E-state index in [9.17, 15) is 37.0 Å². The smallest absolute Gasteiger partial charge is 0.390 e. The van der Waals surface area contributed by atoms with E-state index < -0.39 is 59.8 Å². The highest BCUT2D eigenvalue weighted by Crippen LogP contribution is 2.37. The summed E-state index contributed by atoms with van der Waals surface area (Å²) in [5.74, 6) is -2.79. The van der Waals surface area contributed by atoms with Crippen LogP contribution in [-0.2, 0) is 33.7 Å². The molecule has 2 saturated carbocycles. The van der Waals surface area contributed by atoms with Gasteiger partial charge in [-0.3, -0.25) is 4.79 Å². The fourth-order valence-electron chi connectivity index (χ4n) is 4.22. The number of benzene rings is 2. The third kappa shape index (κ3) is 6.03. The molecule has 2 fully saturated rings. The van der Waals surface area contributed by atoms with E-state index in [1.807, 2.05) is 0 Å². The Labute approximate surface area is 204 Å². The van der Waals surface area contributed by atoms with Crippen molar-refractivity contribution >= 4 is 5.91 Å². The lowest BCUT2D eigenvalue weighted by Gasteiger charge is -2.44. The maximum Gasteiger partial charge on any atom is 0.416 e. The third-order valence-corrected chi connectivity index (χ3v) is 6.43. The average Bonchev–Trinajstić information content (AvgIpc) is 3.65. The molecule has 3 N–H and O–H groups in total.